The molecule has 0 bridgehead atoms. The van der Waals surface area contributed by atoms with Gasteiger partial charge in [0, 0.05) is 11.1 Å². The standard InChI is InChI=1S/C28H34O3/c1-17(2)31-26(30)21-14-13-18-11-9-10-12-20(18)24(21)25-22(28(6,7)8)15-19(16-23(25)29)27(3,4)5/h9-17,29H,1-8H3. The minimum Gasteiger partial charge on any atom is -0.507 e. The van der Waals surface area contributed by atoms with E-state index in [4.69, 9.17) is 4.74 Å². The molecule has 3 rings (SSSR count). The molecule has 0 aliphatic heterocycles. The van der Waals surface area contributed by atoms with Gasteiger partial charge in [0.15, 0.2) is 0 Å². The summed E-state index contributed by atoms with van der Waals surface area (Å²) in [6.45, 7) is 16.5. The smallest absolute Gasteiger partial charge is 0.339 e. The molecule has 0 fully saturated rings. The molecule has 31 heavy (non-hydrogen) atoms. The highest BCUT2D eigenvalue weighted by Crippen LogP contribution is 2.46. The largest absolute Gasteiger partial charge is 0.507 e. The van der Waals surface area contributed by atoms with Crippen molar-refractivity contribution in [1.82, 2.24) is 0 Å². The van der Waals surface area contributed by atoms with E-state index in [1.165, 1.54) is 0 Å². The van der Waals surface area contributed by atoms with Crippen molar-refractivity contribution in [3.63, 3.8) is 0 Å². The van der Waals surface area contributed by atoms with Crippen LogP contribution < -0.4 is 0 Å². The number of carbonyl (C=O) groups is 1. The van der Waals surface area contributed by atoms with Gasteiger partial charge in [-0.15, -0.1) is 0 Å². The number of benzene rings is 3. The molecule has 0 unspecified atom stereocenters. The second kappa shape index (κ2) is 8.03. The van der Waals surface area contributed by atoms with Gasteiger partial charge in [-0.1, -0.05) is 77.9 Å². The van der Waals surface area contributed by atoms with Gasteiger partial charge >= 0.3 is 5.97 Å². The molecule has 0 heterocycles. The Balaban J connectivity index is 2.46. The zero-order chi connectivity index (χ0) is 23.1. The van der Waals surface area contributed by atoms with Crippen LogP contribution in [0.3, 0.4) is 0 Å². The van der Waals surface area contributed by atoms with Crippen molar-refractivity contribution in [2.75, 3.05) is 0 Å². The molecule has 0 atom stereocenters. The van der Waals surface area contributed by atoms with E-state index in [2.05, 4.69) is 47.6 Å². The average molecular weight is 419 g/mol. The number of phenolic OH excluding ortho intramolecular Hbond substituents is 1. The van der Waals surface area contributed by atoms with Gasteiger partial charge in [0.25, 0.3) is 0 Å². The van der Waals surface area contributed by atoms with E-state index in [9.17, 15) is 9.90 Å². The predicted molar refractivity (Wildman–Crippen MR) is 129 cm³/mol. The van der Waals surface area contributed by atoms with Crippen LogP contribution in [0.2, 0.25) is 0 Å². The molecule has 3 aromatic rings. The number of esters is 1. The van der Waals surface area contributed by atoms with E-state index < -0.39 is 0 Å². The Bertz CT molecular complexity index is 1130. The van der Waals surface area contributed by atoms with Crippen LogP contribution in [0.5, 0.6) is 5.75 Å². The normalized spacial score (nSPS) is 12.4. The first-order valence-corrected chi connectivity index (χ1v) is 10.9. The van der Waals surface area contributed by atoms with Crippen LogP contribution in [-0.2, 0) is 15.6 Å². The number of hydrogen-bond donors (Lipinski definition) is 1. The molecule has 0 radical (unpaired) electrons. The zero-order valence-corrected chi connectivity index (χ0v) is 20.0. The van der Waals surface area contributed by atoms with Gasteiger partial charge in [-0.3, -0.25) is 0 Å². The molecule has 0 aromatic heterocycles. The molecule has 0 saturated carbocycles. The van der Waals surface area contributed by atoms with Gasteiger partial charge in [0.05, 0.1) is 11.7 Å². The van der Waals surface area contributed by atoms with Crippen molar-refractivity contribution in [3.05, 3.63) is 65.2 Å². The fourth-order valence-electron chi connectivity index (χ4n) is 3.90. The van der Waals surface area contributed by atoms with Crippen LogP contribution in [0.4, 0.5) is 0 Å². The number of hydrogen-bond acceptors (Lipinski definition) is 3. The monoisotopic (exact) mass is 418 g/mol. The Morgan fingerprint density at radius 1 is 0.871 bits per heavy atom. The molecule has 3 aromatic carbocycles. The Morgan fingerprint density at radius 3 is 2.10 bits per heavy atom. The van der Waals surface area contributed by atoms with Crippen LogP contribution in [0.25, 0.3) is 21.9 Å². The second-order valence-electron chi connectivity index (χ2n) is 10.6. The van der Waals surface area contributed by atoms with Crippen LogP contribution >= 0.6 is 0 Å². The number of aromatic hydroxyl groups is 1. The molecule has 0 saturated heterocycles. The van der Waals surface area contributed by atoms with Crippen molar-refractivity contribution in [1.29, 1.82) is 0 Å². The van der Waals surface area contributed by atoms with Gasteiger partial charge in [-0.2, -0.15) is 0 Å². The highest BCUT2D eigenvalue weighted by atomic mass is 16.5. The Morgan fingerprint density at radius 2 is 1.52 bits per heavy atom. The Hall–Kier alpha value is -2.81. The van der Waals surface area contributed by atoms with Crippen LogP contribution in [0.15, 0.2) is 48.5 Å². The minimum atomic E-state index is -0.380. The lowest BCUT2D eigenvalue weighted by atomic mass is 9.75. The minimum absolute atomic E-state index is 0.117. The number of carbonyl (C=O) groups excluding carboxylic acids is 1. The molecular weight excluding hydrogens is 384 g/mol. The molecule has 3 nitrogen and oxygen atoms in total. The Kier molecular flexibility index (Phi) is 5.92. The topological polar surface area (TPSA) is 46.5 Å². The van der Waals surface area contributed by atoms with Gasteiger partial charge in [0.1, 0.15) is 5.75 Å². The molecule has 0 aliphatic carbocycles. The maximum absolute atomic E-state index is 13.1. The fourth-order valence-corrected chi connectivity index (χ4v) is 3.90. The second-order valence-corrected chi connectivity index (χ2v) is 10.6. The third kappa shape index (κ3) is 4.61. The lowest BCUT2D eigenvalue weighted by Crippen LogP contribution is -2.19. The first kappa shape index (κ1) is 22.9. The summed E-state index contributed by atoms with van der Waals surface area (Å²) in [4.78, 5) is 13.1. The third-order valence-electron chi connectivity index (χ3n) is 5.53. The van der Waals surface area contributed by atoms with Gasteiger partial charge in [0.2, 0.25) is 0 Å². The maximum Gasteiger partial charge on any atom is 0.339 e. The first-order chi connectivity index (χ1) is 14.3. The molecule has 164 valence electrons. The highest BCUT2D eigenvalue weighted by molar-refractivity contribution is 6.09. The van der Waals surface area contributed by atoms with Gasteiger partial charge in [-0.05, 0) is 58.7 Å². The average Bonchev–Trinajstić information content (AvgIpc) is 2.64. The molecule has 0 spiro atoms. The molecule has 0 aliphatic rings. The van der Waals surface area contributed by atoms with E-state index in [1.807, 2.05) is 56.3 Å². The maximum atomic E-state index is 13.1. The number of phenols is 1. The van der Waals surface area contributed by atoms with Crippen molar-refractivity contribution in [2.45, 2.75) is 72.3 Å². The fraction of sp³-hybridized carbons (Fsp3) is 0.393. The van der Waals surface area contributed by atoms with E-state index in [1.54, 1.807) is 0 Å². The van der Waals surface area contributed by atoms with E-state index >= 15 is 0 Å². The lowest BCUT2D eigenvalue weighted by Gasteiger charge is -2.29. The van der Waals surface area contributed by atoms with E-state index in [0.717, 1.165) is 27.5 Å². The van der Waals surface area contributed by atoms with Gasteiger partial charge < -0.3 is 9.84 Å². The van der Waals surface area contributed by atoms with E-state index in [0.29, 0.717) is 11.1 Å². The SMILES string of the molecule is CC(C)OC(=O)c1ccc2ccccc2c1-c1c(O)cc(C(C)(C)C)cc1C(C)(C)C. The van der Waals surface area contributed by atoms with Gasteiger partial charge in [-0.25, -0.2) is 4.79 Å². The summed E-state index contributed by atoms with van der Waals surface area (Å²) in [5.41, 5.74) is 3.60. The molecule has 1 N–H and O–H groups in total. The summed E-state index contributed by atoms with van der Waals surface area (Å²) in [5.74, 6) is -0.192. The number of rotatable bonds is 3. The molecular formula is C28H34O3. The summed E-state index contributed by atoms with van der Waals surface area (Å²) < 4.78 is 5.57. The van der Waals surface area contributed by atoms with E-state index in [-0.39, 0.29) is 28.7 Å². The molecule has 0 amide bonds. The highest BCUT2D eigenvalue weighted by Gasteiger charge is 2.29. The number of fused-ring (bicyclic) bond motifs is 1. The van der Waals surface area contributed by atoms with Crippen molar-refractivity contribution in [3.8, 4) is 16.9 Å². The summed E-state index contributed by atoms with van der Waals surface area (Å²) in [5, 5.41) is 13.3. The number of ether oxygens (including phenoxy) is 1. The van der Waals surface area contributed by atoms with Crippen LogP contribution in [0, 0.1) is 0 Å². The summed E-state index contributed by atoms with van der Waals surface area (Å²) in [6.07, 6.45) is -0.231. The van der Waals surface area contributed by atoms with Crippen LogP contribution in [-0.4, -0.2) is 17.2 Å². The zero-order valence-electron chi connectivity index (χ0n) is 20.0. The van der Waals surface area contributed by atoms with Crippen LogP contribution in [0.1, 0.15) is 76.9 Å². The van der Waals surface area contributed by atoms with Crippen molar-refractivity contribution >= 4 is 16.7 Å². The third-order valence-corrected chi connectivity index (χ3v) is 5.53. The molecule has 3 heteroatoms. The summed E-state index contributed by atoms with van der Waals surface area (Å²) in [7, 11) is 0. The van der Waals surface area contributed by atoms with Crippen molar-refractivity contribution in [2.24, 2.45) is 0 Å². The quantitative estimate of drug-likeness (QED) is 0.452. The summed E-state index contributed by atoms with van der Waals surface area (Å²) >= 11 is 0. The predicted octanol–water partition coefficient (Wildman–Crippen LogP) is 7.37. The van der Waals surface area contributed by atoms with Crippen molar-refractivity contribution < 1.29 is 14.6 Å². The lowest BCUT2D eigenvalue weighted by molar-refractivity contribution is 0.0379. The first-order valence-electron chi connectivity index (χ1n) is 10.9. The Labute approximate surface area is 186 Å². The summed E-state index contributed by atoms with van der Waals surface area (Å²) in [6, 6.07) is 15.7.